The van der Waals surface area contributed by atoms with Gasteiger partial charge in [-0.05, 0) is 65.0 Å². The molecule has 0 saturated carbocycles. The Labute approximate surface area is 173 Å². The number of nitrogens with zero attached hydrogens (tertiary/aromatic N) is 1. The van der Waals surface area contributed by atoms with E-state index < -0.39 is 21.7 Å². The molecule has 1 N–H and O–H groups in total. The zero-order chi connectivity index (χ0) is 20.3. The van der Waals surface area contributed by atoms with Crippen LogP contribution in [0, 0.1) is 12.7 Å². The van der Waals surface area contributed by atoms with Gasteiger partial charge in [0, 0.05) is 13.1 Å². The molecule has 3 rings (SSSR count). The summed E-state index contributed by atoms with van der Waals surface area (Å²) in [5.74, 6) is -0.973. The highest BCUT2D eigenvalue weighted by Crippen LogP contribution is 2.28. The van der Waals surface area contributed by atoms with Gasteiger partial charge in [0.2, 0.25) is 15.9 Å². The summed E-state index contributed by atoms with van der Waals surface area (Å²) in [6.45, 7) is 2.76. The Morgan fingerprint density at radius 3 is 2.61 bits per heavy atom. The second-order valence-corrected chi connectivity index (χ2v) is 9.66. The molecule has 0 bridgehead atoms. The van der Waals surface area contributed by atoms with Crippen LogP contribution in [0.2, 0.25) is 0 Å². The predicted molar refractivity (Wildman–Crippen MR) is 110 cm³/mol. The quantitative estimate of drug-likeness (QED) is 0.712. The summed E-state index contributed by atoms with van der Waals surface area (Å²) >= 11 is 3.10. The minimum Gasteiger partial charge on any atom is -0.325 e. The Bertz CT molecular complexity index is 989. The molecule has 1 amide bonds. The molecular formula is C20H22BrFN2O3S. The van der Waals surface area contributed by atoms with Crippen LogP contribution in [-0.4, -0.2) is 31.7 Å². The van der Waals surface area contributed by atoms with E-state index in [0.29, 0.717) is 13.1 Å². The molecule has 8 heteroatoms. The minimum atomic E-state index is -3.71. The zero-order valence-electron chi connectivity index (χ0n) is 15.5. The number of hydrogen-bond acceptors (Lipinski definition) is 3. The maximum absolute atomic E-state index is 14.1. The summed E-state index contributed by atoms with van der Waals surface area (Å²) in [6.07, 6.45) is 2.48. The molecule has 1 saturated heterocycles. The van der Waals surface area contributed by atoms with Crippen LogP contribution in [0.15, 0.2) is 45.8 Å². The van der Waals surface area contributed by atoms with Gasteiger partial charge in [0.15, 0.2) is 0 Å². The average Bonchev–Trinajstić information content (AvgIpc) is 2.67. The van der Waals surface area contributed by atoms with Crippen molar-refractivity contribution < 1.29 is 17.6 Å². The number of rotatable bonds is 5. The number of carbonyl (C=O) groups excluding carboxylic acids is 1. The van der Waals surface area contributed by atoms with Crippen molar-refractivity contribution >= 4 is 37.5 Å². The lowest BCUT2D eigenvalue weighted by Crippen LogP contribution is -2.36. The van der Waals surface area contributed by atoms with Crippen LogP contribution in [0.5, 0.6) is 0 Å². The first-order chi connectivity index (χ1) is 13.3. The van der Waals surface area contributed by atoms with Crippen LogP contribution in [0.25, 0.3) is 0 Å². The Balaban J connectivity index is 1.86. The third-order valence-corrected chi connectivity index (χ3v) is 7.28. The molecule has 0 aliphatic carbocycles. The van der Waals surface area contributed by atoms with Crippen molar-refractivity contribution in [2.24, 2.45) is 0 Å². The zero-order valence-corrected chi connectivity index (χ0v) is 17.9. The molecule has 0 radical (unpaired) electrons. The fourth-order valence-electron chi connectivity index (χ4n) is 3.24. The van der Waals surface area contributed by atoms with Crippen LogP contribution in [0.1, 0.15) is 30.4 Å². The SMILES string of the molecule is Cc1ccc(NC(=O)Cc2cccc(Br)c2F)c(S(=O)(=O)N2CCCCC2)c1. The highest BCUT2D eigenvalue weighted by molar-refractivity contribution is 9.10. The standard InChI is InChI=1S/C20H22BrFN2O3S/c1-14-8-9-17(18(12-14)28(26,27)24-10-3-2-4-11-24)23-19(25)13-15-6-5-7-16(21)20(15)22/h5-9,12H,2-4,10-11,13H2,1H3,(H,23,25). The molecule has 2 aromatic rings. The van der Waals surface area contributed by atoms with Crippen molar-refractivity contribution in [3.8, 4) is 0 Å². The van der Waals surface area contributed by atoms with Crippen molar-refractivity contribution in [1.29, 1.82) is 0 Å². The van der Waals surface area contributed by atoms with Gasteiger partial charge < -0.3 is 5.32 Å². The Hall–Kier alpha value is -1.77. The van der Waals surface area contributed by atoms with Crippen molar-refractivity contribution in [2.45, 2.75) is 37.5 Å². The highest BCUT2D eigenvalue weighted by atomic mass is 79.9. The number of piperidine rings is 1. The first-order valence-electron chi connectivity index (χ1n) is 9.12. The van der Waals surface area contributed by atoms with Gasteiger partial charge in [-0.15, -0.1) is 0 Å². The van der Waals surface area contributed by atoms with E-state index in [2.05, 4.69) is 21.2 Å². The number of sulfonamides is 1. The smallest absolute Gasteiger partial charge is 0.245 e. The molecule has 0 spiro atoms. The number of amides is 1. The van der Waals surface area contributed by atoms with E-state index >= 15 is 0 Å². The molecule has 0 unspecified atom stereocenters. The largest absolute Gasteiger partial charge is 0.325 e. The lowest BCUT2D eigenvalue weighted by Gasteiger charge is -2.27. The van der Waals surface area contributed by atoms with Gasteiger partial charge in [0.1, 0.15) is 10.7 Å². The number of benzene rings is 2. The predicted octanol–water partition coefficient (Wildman–Crippen LogP) is 4.25. The lowest BCUT2D eigenvalue weighted by atomic mass is 10.1. The summed E-state index contributed by atoms with van der Waals surface area (Å²) < 4.78 is 42.1. The van der Waals surface area contributed by atoms with E-state index in [4.69, 9.17) is 0 Å². The van der Waals surface area contributed by atoms with E-state index in [-0.39, 0.29) is 27.0 Å². The first kappa shape index (κ1) is 21.0. The number of halogens is 2. The number of anilines is 1. The van der Waals surface area contributed by atoms with E-state index in [1.165, 1.54) is 10.4 Å². The molecule has 5 nitrogen and oxygen atoms in total. The van der Waals surface area contributed by atoms with E-state index in [9.17, 15) is 17.6 Å². The van der Waals surface area contributed by atoms with E-state index in [1.807, 2.05) is 0 Å². The Kier molecular flexibility index (Phi) is 6.52. The fourth-order valence-corrected chi connectivity index (χ4v) is 5.40. The van der Waals surface area contributed by atoms with E-state index in [0.717, 1.165) is 24.8 Å². The summed E-state index contributed by atoms with van der Waals surface area (Å²) in [5, 5.41) is 2.65. The molecule has 0 atom stereocenters. The number of carbonyl (C=O) groups is 1. The molecule has 1 aliphatic rings. The maximum atomic E-state index is 14.1. The van der Waals surface area contributed by atoms with Crippen molar-refractivity contribution in [2.75, 3.05) is 18.4 Å². The fraction of sp³-hybridized carbons (Fsp3) is 0.350. The van der Waals surface area contributed by atoms with Crippen molar-refractivity contribution in [3.05, 3.63) is 57.8 Å². The van der Waals surface area contributed by atoms with Gasteiger partial charge in [-0.2, -0.15) is 4.31 Å². The topological polar surface area (TPSA) is 66.5 Å². The third-order valence-electron chi connectivity index (χ3n) is 4.73. The Morgan fingerprint density at radius 1 is 1.18 bits per heavy atom. The average molecular weight is 469 g/mol. The van der Waals surface area contributed by atoms with E-state index in [1.54, 1.807) is 37.3 Å². The van der Waals surface area contributed by atoms with Crippen molar-refractivity contribution in [1.82, 2.24) is 4.31 Å². The Morgan fingerprint density at radius 2 is 1.89 bits per heavy atom. The lowest BCUT2D eigenvalue weighted by molar-refractivity contribution is -0.115. The molecule has 1 heterocycles. The van der Waals surface area contributed by atoms with Gasteiger partial charge in [-0.3, -0.25) is 4.79 Å². The second kappa shape index (κ2) is 8.71. The molecule has 2 aromatic carbocycles. The monoisotopic (exact) mass is 468 g/mol. The van der Waals surface area contributed by atoms with Crippen LogP contribution in [0.3, 0.4) is 0 Å². The molecule has 28 heavy (non-hydrogen) atoms. The van der Waals surface area contributed by atoms with Crippen LogP contribution in [0.4, 0.5) is 10.1 Å². The van der Waals surface area contributed by atoms with Crippen LogP contribution >= 0.6 is 15.9 Å². The molecule has 150 valence electrons. The first-order valence-corrected chi connectivity index (χ1v) is 11.4. The number of nitrogens with one attached hydrogen (secondary N) is 1. The molecule has 1 fully saturated rings. The minimum absolute atomic E-state index is 0.0810. The normalized spacial score (nSPS) is 15.4. The van der Waals surface area contributed by atoms with Gasteiger partial charge in [0.05, 0.1) is 16.6 Å². The number of aryl methyl sites for hydroxylation is 1. The summed E-state index contributed by atoms with van der Waals surface area (Å²) in [7, 11) is -3.71. The summed E-state index contributed by atoms with van der Waals surface area (Å²) in [4.78, 5) is 12.6. The summed E-state index contributed by atoms with van der Waals surface area (Å²) in [5.41, 5.74) is 1.24. The number of hydrogen-bond donors (Lipinski definition) is 1. The highest BCUT2D eigenvalue weighted by Gasteiger charge is 2.29. The second-order valence-electron chi connectivity index (χ2n) is 6.90. The van der Waals surface area contributed by atoms with Gasteiger partial charge in [-0.25, -0.2) is 12.8 Å². The van der Waals surface area contributed by atoms with Gasteiger partial charge in [0.25, 0.3) is 0 Å². The van der Waals surface area contributed by atoms with Gasteiger partial charge >= 0.3 is 0 Å². The van der Waals surface area contributed by atoms with Crippen LogP contribution < -0.4 is 5.32 Å². The molecular weight excluding hydrogens is 447 g/mol. The summed E-state index contributed by atoms with van der Waals surface area (Å²) in [6, 6.07) is 9.62. The van der Waals surface area contributed by atoms with Crippen molar-refractivity contribution in [3.63, 3.8) is 0 Å². The molecule has 0 aromatic heterocycles. The third kappa shape index (κ3) is 4.61. The molecule has 1 aliphatic heterocycles. The maximum Gasteiger partial charge on any atom is 0.245 e. The van der Waals surface area contributed by atoms with Gasteiger partial charge in [-0.1, -0.05) is 24.6 Å². The van der Waals surface area contributed by atoms with Crippen LogP contribution in [-0.2, 0) is 21.2 Å².